The number of anilines is 1. The van der Waals surface area contributed by atoms with E-state index in [0.717, 1.165) is 28.8 Å². The minimum atomic E-state index is 0.525. The van der Waals surface area contributed by atoms with Crippen molar-refractivity contribution in [3.8, 4) is 0 Å². The van der Waals surface area contributed by atoms with Gasteiger partial charge in [0.1, 0.15) is 0 Å². The van der Waals surface area contributed by atoms with Crippen LogP contribution in [0, 0.1) is 0 Å². The van der Waals surface area contributed by atoms with Crippen molar-refractivity contribution in [2.45, 2.75) is 13.5 Å². The molecular formula is C17H18N2O. The molecule has 3 heteroatoms. The summed E-state index contributed by atoms with van der Waals surface area (Å²) in [5.74, 6) is 0. The fourth-order valence-electron chi connectivity index (χ4n) is 2.57. The van der Waals surface area contributed by atoms with Gasteiger partial charge in [-0.05, 0) is 18.4 Å². The van der Waals surface area contributed by atoms with Crippen molar-refractivity contribution in [3.05, 3.63) is 48.2 Å². The number of pyridine rings is 1. The van der Waals surface area contributed by atoms with Crippen LogP contribution < -0.4 is 5.32 Å². The van der Waals surface area contributed by atoms with E-state index in [1.54, 1.807) is 7.11 Å². The number of ether oxygens (including phenoxy) is 1. The predicted molar refractivity (Wildman–Crippen MR) is 84.1 cm³/mol. The van der Waals surface area contributed by atoms with Crippen LogP contribution in [0.15, 0.2) is 42.5 Å². The Hall–Kier alpha value is -2.13. The number of fused-ring (bicyclic) bond motifs is 3. The van der Waals surface area contributed by atoms with E-state index in [1.165, 1.54) is 10.8 Å². The van der Waals surface area contributed by atoms with Gasteiger partial charge < -0.3 is 10.1 Å². The number of aromatic nitrogens is 1. The lowest BCUT2D eigenvalue weighted by atomic mass is 10.0. The molecule has 0 spiro atoms. The Morgan fingerprint density at radius 1 is 1.10 bits per heavy atom. The van der Waals surface area contributed by atoms with Gasteiger partial charge in [0.15, 0.2) is 0 Å². The molecule has 0 unspecified atom stereocenters. The average Bonchev–Trinajstić information content (AvgIpc) is 2.48. The largest absolute Gasteiger partial charge is 0.385 e. The summed E-state index contributed by atoms with van der Waals surface area (Å²) in [6, 6.07) is 14.7. The first-order valence-corrected chi connectivity index (χ1v) is 6.87. The Morgan fingerprint density at radius 2 is 1.95 bits per heavy atom. The number of rotatable bonds is 4. The standard InChI is InChI=1S/C17H18N2O/c1-3-18-16-10-13(11-20-2)19-17-14-7-5-4-6-12(14)8-9-15(16)17/h4-10H,3,11H2,1-2H3,(H,18,19). The lowest BCUT2D eigenvalue weighted by Crippen LogP contribution is -2.01. The van der Waals surface area contributed by atoms with Gasteiger partial charge in [-0.25, -0.2) is 4.98 Å². The summed E-state index contributed by atoms with van der Waals surface area (Å²) in [6.45, 7) is 3.51. The van der Waals surface area contributed by atoms with E-state index < -0.39 is 0 Å². The molecular weight excluding hydrogens is 248 g/mol. The van der Waals surface area contributed by atoms with Gasteiger partial charge in [-0.15, -0.1) is 0 Å². The summed E-state index contributed by atoms with van der Waals surface area (Å²) in [7, 11) is 1.70. The van der Waals surface area contributed by atoms with Gasteiger partial charge in [-0.1, -0.05) is 36.4 Å². The number of nitrogens with zero attached hydrogens (tertiary/aromatic N) is 1. The van der Waals surface area contributed by atoms with Gasteiger partial charge in [0.05, 0.1) is 17.8 Å². The number of methoxy groups -OCH3 is 1. The predicted octanol–water partition coefficient (Wildman–Crippen LogP) is 3.97. The van der Waals surface area contributed by atoms with Crippen molar-refractivity contribution < 1.29 is 4.74 Å². The Balaban J connectivity index is 2.34. The van der Waals surface area contributed by atoms with Crippen molar-refractivity contribution >= 4 is 27.4 Å². The molecule has 0 radical (unpaired) electrons. The molecule has 0 saturated heterocycles. The summed E-state index contributed by atoms with van der Waals surface area (Å²) in [5, 5.41) is 6.97. The topological polar surface area (TPSA) is 34.1 Å². The highest BCUT2D eigenvalue weighted by atomic mass is 16.5. The third kappa shape index (κ3) is 2.21. The molecule has 0 atom stereocenters. The first-order valence-electron chi connectivity index (χ1n) is 6.87. The molecule has 0 aliphatic rings. The zero-order valence-electron chi connectivity index (χ0n) is 11.8. The molecule has 3 nitrogen and oxygen atoms in total. The lowest BCUT2D eigenvalue weighted by molar-refractivity contribution is 0.182. The zero-order valence-corrected chi connectivity index (χ0v) is 11.8. The van der Waals surface area contributed by atoms with Crippen LogP contribution in [0.5, 0.6) is 0 Å². The van der Waals surface area contributed by atoms with Crippen LogP contribution >= 0.6 is 0 Å². The molecule has 0 fully saturated rings. The second-order valence-corrected chi connectivity index (χ2v) is 4.81. The highest BCUT2D eigenvalue weighted by Gasteiger charge is 2.08. The molecule has 3 aromatic rings. The number of nitrogens with one attached hydrogen (secondary N) is 1. The second-order valence-electron chi connectivity index (χ2n) is 4.81. The van der Waals surface area contributed by atoms with Crippen molar-refractivity contribution in [2.75, 3.05) is 19.0 Å². The summed E-state index contributed by atoms with van der Waals surface area (Å²) in [4.78, 5) is 4.77. The summed E-state index contributed by atoms with van der Waals surface area (Å²) in [5.41, 5.74) is 3.11. The zero-order chi connectivity index (χ0) is 13.9. The maximum atomic E-state index is 5.23. The number of benzene rings is 2. The Labute approximate surface area is 118 Å². The van der Waals surface area contributed by atoms with Crippen LogP contribution in [-0.2, 0) is 11.3 Å². The summed E-state index contributed by atoms with van der Waals surface area (Å²) in [6.07, 6.45) is 0. The SMILES string of the molecule is CCNc1cc(COC)nc2c1ccc1ccccc12. The third-order valence-corrected chi connectivity index (χ3v) is 3.42. The van der Waals surface area contributed by atoms with E-state index in [0.29, 0.717) is 6.61 Å². The first kappa shape index (κ1) is 12.9. The van der Waals surface area contributed by atoms with Gasteiger partial charge in [-0.2, -0.15) is 0 Å². The number of hydrogen-bond donors (Lipinski definition) is 1. The Kier molecular flexibility index (Phi) is 3.52. The van der Waals surface area contributed by atoms with Gasteiger partial charge >= 0.3 is 0 Å². The third-order valence-electron chi connectivity index (χ3n) is 3.42. The molecule has 20 heavy (non-hydrogen) atoms. The van der Waals surface area contributed by atoms with Crippen molar-refractivity contribution in [1.29, 1.82) is 0 Å². The van der Waals surface area contributed by atoms with E-state index in [2.05, 4.69) is 54.7 Å². The molecule has 1 heterocycles. The van der Waals surface area contributed by atoms with Crippen LogP contribution in [0.3, 0.4) is 0 Å². The van der Waals surface area contributed by atoms with Crippen molar-refractivity contribution in [2.24, 2.45) is 0 Å². The second kappa shape index (κ2) is 5.47. The molecule has 1 aromatic heterocycles. The minimum Gasteiger partial charge on any atom is -0.385 e. The molecule has 1 N–H and O–H groups in total. The molecule has 0 saturated carbocycles. The van der Waals surface area contributed by atoms with E-state index in [9.17, 15) is 0 Å². The molecule has 3 rings (SSSR count). The maximum Gasteiger partial charge on any atom is 0.0885 e. The summed E-state index contributed by atoms with van der Waals surface area (Å²) < 4.78 is 5.23. The normalized spacial score (nSPS) is 11.1. The van der Waals surface area contributed by atoms with E-state index in [1.807, 2.05) is 0 Å². The van der Waals surface area contributed by atoms with Crippen molar-refractivity contribution in [1.82, 2.24) is 4.98 Å². The average molecular weight is 266 g/mol. The van der Waals surface area contributed by atoms with Crippen molar-refractivity contribution in [3.63, 3.8) is 0 Å². The monoisotopic (exact) mass is 266 g/mol. The van der Waals surface area contributed by atoms with Crippen LogP contribution in [0.1, 0.15) is 12.6 Å². The van der Waals surface area contributed by atoms with Gasteiger partial charge in [0.2, 0.25) is 0 Å². The fourth-order valence-corrected chi connectivity index (χ4v) is 2.57. The smallest absolute Gasteiger partial charge is 0.0885 e. The quantitative estimate of drug-likeness (QED) is 0.726. The highest BCUT2D eigenvalue weighted by Crippen LogP contribution is 2.29. The van der Waals surface area contributed by atoms with Gasteiger partial charge in [0.25, 0.3) is 0 Å². The lowest BCUT2D eigenvalue weighted by Gasteiger charge is -2.12. The van der Waals surface area contributed by atoms with Gasteiger partial charge in [-0.3, -0.25) is 0 Å². The summed E-state index contributed by atoms with van der Waals surface area (Å²) >= 11 is 0. The Morgan fingerprint density at radius 3 is 2.75 bits per heavy atom. The number of hydrogen-bond acceptors (Lipinski definition) is 3. The van der Waals surface area contributed by atoms with E-state index in [-0.39, 0.29) is 0 Å². The van der Waals surface area contributed by atoms with Crippen LogP contribution in [0.4, 0.5) is 5.69 Å². The van der Waals surface area contributed by atoms with Crippen LogP contribution in [0.25, 0.3) is 21.7 Å². The molecule has 0 aliphatic carbocycles. The highest BCUT2D eigenvalue weighted by molar-refractivity contribution is 6.09. The molecule has 2 aromatic carbocycles. The fraction of sp³-hybridized carbons (Fsp3) is 0.235. The van der Waals surface area contributed by atoms with Gasteiger partial charge in [0, 0.05) is 30.1 Å². The van der Waals surface area contributed by atoms with E-state index >= 15 is 0 Å². The molecule has 0 bridgehead atoms. The van der Waals surface area contributed by atoms with Crippen LogP contribution in [-0.4, -0.2) is 18.6 Å². The van der Waals surface area contributed by atoms with E-state index in [4.69, 9.17) is 9.72 Å². The first-order chi connectivity index (χ1) is 9.83. The molecule has 102 valence electrons. The maximum absolute atomic E-state index is 5.23. The Bertz CT molecular complexity index is 752. The van der Waals surface area contributed by atoms with Crippen LogP contribution in [0.2, 0.25) is 0 Å². The minimum absolute atomic E-state index is 0.525. The molecule has 0 aliphatic heterocycles. The molecule has 0 amide bonds.